The Kier molecular flexibility index (Phi) is 1.94. The first-order valence-electron chi connectivity index (χ1n) is 7.20. The van der Waals surface area contributed by atoms with Gasteiger partial charge in [-0.05, 0) is 22.3 Å². The number of rotatable bonds is 0. The minimum absolute atomic E-state index is 0.0497. The lowest BCUT2D eigenvalue weighted by atomic mass is 9.55. The Balaban J connectivity index is 1.88. The predicted octanol–water partition coefficient (Wildman–Crippen LogP) is 2.59. The topological polar surface area (TPSA) is 43.4 Å². The second-order valence-corrected chi connectivity index (χ2v) is 6.00. The van der Waals surface area contributed by atoms with Crippen LogP contribution < -0.4 is 0 Å². The molecule has 102 valence electrons. The van der Waals surface area contributed by atoms with Crippen molar-refractivity contribution in [1.82, 2.24) is 0 Å². The summed E-state index contributed by atoms with van der Waals surface area (Å²) in [5.41, 5.74) is 4.70. The molecule has 0 amide bonds. The first-order chi connectivity index (χ1) is 10.3. The van der Waals surface area contributed by atoms with Crippen LogP contribution in [0, 0.1) is 11.8 Å². The summed E-state index contributed by atoms with van der Waals surface area (Å²) in [5.74, 6) is -1.52. The van der Waals surface area contributed by atoms with E-state index in [1.165, 1.54) is 22.3 Å². The van der Waals surface area contributed by atoms with Crippen molar-refractivity contribution in [3.05, 3.63) is 70.8 Å². The molecule has 2 bridgehead atoms. The molecule has 0 spiro atoms. The Morgan fingerprint density at radius 3 is 1.29 bits per heavy atom. The van der Waals surface area contributed by atoms with Crippen molar-refractivity contribution in [3.8, 4) is 0 Å². The molecule has 6 rings (SSSR count). The summed E-state index contributed by atoms with van der Waals surface area (Å²) < 4.78 is 4.97. The summed E-state index contributed by atoms with van der Waals surface area (Å²) in [7, 11) is 0. The molecule has 0 saturated carbocycles. The van der Waals surface area contributed by atoms with E-state index in [0.717, 1.165) is 0 Å². The van der Waals surface area contributed by atoms with E-state index in [9.17, 15) is 9.59 Å². The molecule has 2 aromatic rings. The summed E-state index contributed by atoms with van der Waals surface area (Å²) in [4.78, 5) is 24.4. The Labute approximate surface area is 121 Å². The van der Waals surface area contributed by atoms with Gasteiger partial charge >= 0.3 is 11.9 Å². The molecule has 0 radical (unpaired) electrons. The van der Waals surface area contributed by atoms with Gasteiger partial charge in [-0.3, -0.25) is 9.59 Å². The molecule has 4 aliphatic rings. The Bertz CT molecular complexity index is 694. The molecule has 3 aliphatic carbocycles. The highest BCUT2D eigenvalue weighted by Crippen LogP contribution is 2.60. The average molecular weight is 276 g/mol. The van der Waals surface area contributed by atoms with E-state index in [1.807, 2.05) is 24.3 Å². The smallest absolute Gasteiger partial charge is 0.318 e. The van der Waals surface area contributed by atoms with Gasteiger partial charge in [0, 0.05) is 11.8 Å². The molecule has 3 nitrogen and oxygen atoms in total. The molecule has 2 atom stereocenters. The normalized spacial score (nSPS) is 31.4. The number of cyclic esters (lactones) is 2. The fourth-order valence-electron chi connectivity index (χ4n) is 4.48. The van der Waals surface area contributed by atoms with E-state index in [0.29, 0.717) is 0 Å². The van der Waals surface area contributed by atoms with Crippen molar-refractivity contribution in [2.24, 2.45) is 11.8 Å². The first kappa shape index (κ1) is 11.3. The number of benzene rings is 2. The molecular formula is C18H12O3. The van der Waals surface area contributed by atoms with Crippen LogP contribution >= 0.6 is 0 Å². The molecule has 1 aliphatic heterocycles. The van der Waals surface area contributed by atoms with Gasteiger partial charge in [-0.2, -0.15) is 0 Å². The SMILES string of the molecule is O=C1OC(=O)C2C3c4ccccc4C(c4ccccc43)C12. The van der Waals surface area contributed by atoms with Crippen molar-refractivity contribution in [2.45, 2.75) is 11.8 Å². The number of ether oxygens (including phenoxy) is 1. The zero-order valence-electron chi connectivity index (χ0n) is 11.2. The van der Waals surface area contributed by atoms with E-state index in [4.69, 9.17) is 4.74 Å². The Morgan fingerprint density at radius 1 is 0.619 bits per heavy atom. The molecule has 1 heterocycles. The molecule has 0 aromatic heterocycles. The van der Waals surface area contributed by atoms with Gasteiger partial charge < -0.3 is 4.74 Å². The molecule has 2 unspecified atom stereocenters. The van der Waals surface area contributed by atoms with Crippen molar-refractivity contribution in [1.29, 1.82) is 0 Å². The van der Waals surface area contributed by atoms with Crippen LogP contribution in [0.4, 0.5) is 0 Å². The average Bonchev–Trinajstić information content (AvgIpc) is 2.83. The summed E-state index contributed by atoms with van der Waals surface area (Å²) in [6.07, 6.45) is 0. The predicted molar refractivity (Wildman–Crippen MR) is 74.6 cm³/mol. The fourth-order valence-corrected chi connectivity index (χ4v) is 4.48. The first-order valence-corrected chi connectivity index (χ1v) is 7.20. The lowest BCUT2D eigenvalue weighted by Gasteiger charge is -2.45. The number of carbonyl (C=O) groups is 2. The highest BCUT2D eigenvalue weighted by Gasteiger charge is 2.60. The van der Waals surface area contributed by atoms with Crippen LogP contribution in [0.15, 0.2) is 48.5 Å². The number of hydrogen-bond acceptors (Lipinski definition) is 3. The third-order valence-corrected chi connectivity index (χ3v) is 5.18. The Hall–Kier alpha value is -2.42. The third kappa shape index (κ3) is 1.20. The number of carbonyl (C=O) groups excluding carboxylic acids is 2. The van der Waals surface area contributed by atoms with E-state index in [2.05, 4.69) is 24.3 Å². The van der Waals surface area contributed by atoms with Gasteiger partial charge in [0.15, 0.2) is 0 Å². The molecule has 2 aromatic carbocycles. The molecule has 21 heavy (non-hydrogen) atoms. The molecule has 1 saturated heterocycles. The minimum Gasteiger partial charge on any atom is -0.393 e. The molecule has 0 N–H and O–H groups in total. The van der Waals surface area contributed by atoms with Gasteiger partial charge in [0.05, 0.1) is 11.8 Å². The summed E-state index contributed by atoms with van der Waals surface area (Å²) in [5, 5.41) is 0. The summed E-state index contributed by atoms with van der Waals surface area (Å²) in [6, 6.07) is 16.3. The van der Waals surface area contributed by atoms with Crippen LogP contribution in [-0.2, 0) is 14.3 Å². The molecule has 3 heteroatoms. The van der Waals surface area contributed by atoms with Crippen molar-refractivity contribution in [3.63, 3.8) is 0 Å². The summed E-state index contributed by atoms with van der Waals surface area (Å²) >= 11 is 0. The van der Waals surface area contributed by atoms with Gasteiger partial charge in [-0.25, -0.2) is 0 Å². The van der Waals surface area contributed by atoms with E-state index in [-0.39, 0.29) is 35.6 Å². The lowest BCUT2D eigenvalue weighted by Crippen LogP contribution is -2.41. The largest absolute Gasteiger partial charge is 0.393 e. The Morgan fingerprint density at radius 2 is 0.952 bits per heavy atom. The third-order valence-electron chi connectivity index (χ3n) is 5.18. The monoisotopic (exact) mass is 276 g/mol. The van der Waals surface area contributed by atoms with E-state index in [1.54, 1.807) is 0 Å². The standard InChI is InChI=1S/C18H12O3/c19-17-15-13-9-5-1-2-6-10(9)14(16(15)18(20)21-17)12-8-4-3-7-11(12)13/h1-8,13-16H. The number of hydrogen-bond donors (Lipinski definition) is 0. The van der Waals surface area contributed by atoms with Gasteiger partial charge in [0.2, 0.25) is 0 Å². The zero-order chi connectivity index (χ0) is 14.1. The maximum absolute atomic E-state index is 12.2. The maximum atomic E-state index is 12.2. The van der Waals surface area contributed by atoms with Crippen molar-refractivity contribution < 1.29 is 14.3 Å². The van der Waals surface area contributed by atoms with Crippen LogP contribution in [0.5, 0.6) is 0 Å². The molecular weight excluding hydrogens is 264 g/mol. The van der Waals surface area contributed by atoms with Crippen LogP contribution in [0.2, 0.25) is 0 Å². The number of esters is 2. The van der Waals surface area contributed by atoms with Crippen molar-refractivity contribution in [2.75, 3.05) is 0 Å². The van der Waals surface area contributed by atoms with Gasteiger partial charge in [-0.15, -0.1) is 0 Å². The van der Waals surface area contributed by atoms with E-state index < -0.39 is 0 Å². The second-order valence-electron chi connectivity index (χ2n) is 6.00. The minimum atomic E-state index is -0.357. The van der Waals surface area contributed by atoms with Gasteiger partial charge in [0.1, 0.15) is 0 Å². The maximum Gasteiger partial charge on any atom is 0.318 e. The second kappa shape index (κ2) is 3.61. The highest BCUT2D eigenvalue weighted by molar-refractivity contribution is 5.99. The van der Waals surface area contributed by atoms with E-state index >= 15 is 0 Å². The van der Waals surface area contributed by atoms with Gasteiger partial charge in [-0.1, -0.05) is 48.5 Å². The van der Waals surface area contributed by atoms with Crippen LogP contribution in [0.1, 0.15) is 34.1 Å². The zero-order valence-corrected chi connectivity index (χ0v) is 11.2. The summed E-state index contributed by atoms with van der Waals surface area (Å²) in [6.45, 7) is 0. The van der Waals surface area contributed by atoms with Crippen LogP contribution in [0.3, 0.4) is 0 Å². The fraction of sp³-hybridized carbons (Fsp3) is 0.222. The lowest BCUT2D eigenvalue weighted by molar-refractivity contribution is -0.153. The highest BCUT2D eigenvalue weighted by atomic mass is 16.6. The van der Waals surface area contributed by atoms with Crippen LogP contribution in [0.25, 0.3) is 0 Å². The van der Waals surface area contributed by atoms with Crippen molar-refractivity contribution >= 4 is 11.9 Å². The molecule has 1 fully saturated rings. The van der Waals surface area contributed by atoms with Gasteiger partial charge in [0.25, 0.3) is 0 Å². The van der Waals surface area contributed by atoms with Crippen LogP contribution in [-0.4, -0.2) is 11.9 Å². The quantitative estimate of drug-likeness (QED) is 0.548.